The third-order valence-electron chi connectivity index (χ3n) is 4.70. The van der Waals surface area contributed by atoms with E-state index in [-0.39, 0.29) is 18.1 Å². The fraction of sp³-hybridized carbons (Fsp3) is 0.800. The highest BCUT2D eigenvalue weighted by Gasteiger charge is 2.21. The first-order valence-electron chi connectivity index (χ1n) is 9.32. The predicted octanol–water partition coefficient (Wildman–Crippen LogP) is 4.45. The molecule has 0 spiro atoms. The van der Waals surface area contributed by atoms with Crippen LogP contribution in [0, 0.1) is 11.8 Å². The molecule has 0 fully saturated rings. The number of esters is 1. The van der Waals surface area contributed by atoms with Gasteiger partial charge in [0.1, 0.15) is 0 Å². The van der Waals surface area contributed by atoms with E-state index in [4.69, 9.17) is 0 Å². The fourth-order valence-electron chi connectivity index (χ4n) is 3.01. The Bertz CT molecular complexity index is 400. The molecule has 24 heavy (non-hydrogen) atoms. The molecule has 0 aliphatic carbocycles. The minimum Gasteiger partial charge on any atom is -0.469 e. The largest absolute Gasteiger partial charge is 0.469 e. The lowest BCUT2D eigenvalue weighted by atomic mass is 9.89. The summed E-state index contributed by atoms with van der Waals surface area (Å²) in [5, 5.41) is 10.2. The molecule has 0 radical (unpaired) electrons. The molecule has 0 amide bonds. The number of methoxy groups -OCH3 is 1. The minimum absolute atomic E-state index is 0.00512. The molecule has 0 saturated carbocycles. The summed E-state index contributed by atoms with van der Waals surface area (Å²) in [5.41, 5.74) is 0.973. The molecule has 0 saturated heterocycles. The third kappa shape index (κ3) is 9.86. The van der Waals surface area contributed by atoms with Gasteiger partial charge in [-0.15, -0.1) is 0 Å². The second-order valence-electron chi connectivity index (χ2n) is 6.80. The van der Waals surface area contributed by atoms with E-state index in [9.17, 15) is 14.7 Å². The van der Waals surface area contributed by atoms with Crippen molar-refractivity contribution in [1.82, 2.24) is 0 Å². The Morgan fingerprint density at radius 2 is 1.75 bits per heavy atom. The van der Waals surface area contributed by atoms with E-state index in [0.29, 0.717) is 18.8 Å². The van der Waals surface area contributed by atoms with Gasteiger partial charge in [-0.1, -0.05) is 58.4 Å². The molecule has 0 bridgehead atoms. The molecule has 0 rings (SSSR count). The Hall–Kier alpha value is -1.16. The Labute approximate surface area is 147 Å². The van der Waals surface area contributed by atoms with Gasteiger partial charge in [0.05, 0.1) is 19.6 Å². The van der Waals surface area contributed by atoms with Crippen LogP contribution in [0.5, 0.6) is 0 Å². The number of hydrogen-bond donors (Lipinski definition) is 1. The molecule has 1 N–H and O–H groups in total. The lowest BCUT2D eigenvalue weighted by molar-refractivity contribution is -0.143. The van der Waals surface area contributed by atoms with Crippen LogP contribution in [0.1, 0.15) is 79.1 Å². The summed E-state index contributed by atoms with van der Waals surface area (Å²) in [5.74, 6) is 0.205. The average Bonchev–Trinajstić information content (AvgIpc) is 2.55. The number of allylic oxidation sites excluding steroid dienone is 2. The molecule has 3 atom stereocenters. The third-order valence-corrected chi connectivity index (χ3v) is 4.70. The summed E-state index contributed by atoms with van der Waals surface area (Å²) in [6.07, 6.45) is 7.48. The zero-order valence-electron chi connectivity index (χ0n) is 16.1. The monoisotopic (exact) mass is 340 g/mol. The zero-order chi connectivity index (χ0) is 18.5. The van der Waals surface area contributed by atoms with Crippen LogP contribution in [0.4, 0.5) is 0 Å². The second-order valence-corrected chi connectivity index (χ2v) is 6.80. The van der Waals surface area contributed by atoms with Gasteiger partial charge in [0, 0.05) is 6.42 Å². The molecule has 4 nitrogen and oxygen atoms in total. The van der Waals surface area contributed by atoms with Crippen molar-refractivity contribution in [3.8, 4) is 0 Å². The van der Waals surface area contributed by atoms with Crippen LogP contribution < -0.4 is 0 Å². The molecular formula is C20H36O4. The summed E-state index contributed by atoms with van der Waals surface area (Å²) < 4.78 is 4.61. The topological polar surface area (TPSA) is 63.6 Å². The molecule has 0 heterocycles. The van der Waals surface area contributed by atoms with Gasteiger partial charge in [-0.25, -0.2) is 0 Å². The Balaban J connectivity index is 4.57. The van der Waals surface area contributed by atoms with Crippen LogP contribution in [0.3, 0.4) is 0 Å². The summed E-state index contributed by atoms with van der Waals surface area (Å²) >= 11 is 0. The maximum atomic E-state index is 12.2. The van der Waals surface area contributed by atoms with Gasteiger partial charge in [-0.3, -0.25) is 9.59 Å². The van der Waals surface area contributed by atoms with Crippen molar-refractivity contribution >= 4 is 11.8 Å². The first-order chi connectivity index (χ1) is 11.4. The summed E-state index contributed by atoms with van der Waals surface area (Å²) in [7, 11) is 1.32. The molecule has 140 valence electrons. The van der Waals surface area contributed by atoms with Crippen LogP contribution in [0.15, 0.2) is 11.6 Å². The van der Waals surface area contributed by atoms with Gasteiger partial charge < -0.3 is 9.84 Å². The smallest absolute Gasteiger partial charge is 0.308 e. The van der Waals surface area contributed by atoms with Gasteiger partial charge >= 0.3 is 5.97 Å². The molecule has 0 aromatic rings. The normalized spacial score (nSPS) is 15.7. The molecule has 4 heteroatoms. The van der Waals surface area contributed by atoms with E-state index < -0.39 is 12.1 Å². The van der Waals surface area contributed by atoms with E-state index in [2.05, 4.69) is 18.6 Å². The summed E-state index contributed by atoms with van der Waals surface area (Å²) in [6.45, 7) is 8.22. The molecule has 0 aliphatic heterocycles. The van der Waals surface area contributed by atoms with Crippen LogP contribution in [0.2, 0.25) is 0 Å². The molecule has 3 unspecified atom stereocenters. The number of rotatable bonds is 13. The number of ether oxygens (including phenoxy) is 1. The van der Waals surface area contributed by atoms with E-state index in [1.807, 2.05) is 13.8 Å². The van der Waals surface area contributed by atoms with E-state index in [0.717, 1.165) is 31.3 Å². The van der Waals surface area contributed by atoms with Crippen LogP contribution in [-0.2, 0) is 14.3 Å². The number of aliphatic hydroxyl groups excluding tert-OH is 1. The number of aliphatic hydroxyl groups is 1. The standard InChI is InChI=1S/C20H36O4/c1-6-9-10-16(7-2)13-18(21)12-15(4)11-17(8-3)19(22)14-20(23)24-5/h12,16-17,19,22H,6-11,13-14H2,1-5H3/b15-12+. The Kier molecular flexibility index (Phi) is 12.5. The SMILES string of the molecule is CCCCC(CC)CC(=O)/C=C(\C)CC(CC)C(O)CC(=O)OC. The van der Waals surface area contributed by atoms with Gasteiger partial charge in [0.2, 0.25) is 0 Å². The first-order valence-corrected chi connectivity index (χ1v) is 9.32. The molecular weight excluding hydrogens is 304 g/mol. The highest BCUT2D eigenvalue weighted by molar-refractivity contribution is 5.90. The number of carbonyl (C=O) groups excluding carboxylic acids is 2. The van der Waals surface area contributed by atoms with Gasteiger partial charge in [0.15, 0.2) is 5.78 Å². The highest BCUT2D eigenvalue weighted by Crippen LogP contribution is 2.22. The average molecular weight is 341 g/mol. The van der Waals surface area contributed by atoms with Crippen LogP contribution in [-0.4, -0.2) is 30.1 Å². The lowest BCUT2D eigenvalue weighted by Crippen LogP contribution is -2.24. The highest BCUT2D eigenvalue weighted by atomic mass is 16.5. The van der Waals surface area contributed by atoms with E-state index in [1.54, 1.807) is 6.08 Å². The fourth-order valence-corrected chi connectivity index (χ4v) is 3.01. The van der Waals surface area contributed by atoms with Crippen molar-refractivity contribution in [2.75, 3.05) is 7.11 Å². The number of unbranched alkanes of at least 4 members (excludes halogenated alkanes) is 1. The maximum Gasteiger partial charge on any atom is 0.308 e. The van der Waals surface area contributed by atoms with Crippen molar-refractivity contribution in [3.63, 3.8) is 0 Å². The van der Waals surface area contributed by atoms with Crippen molar-refractivity contribution in [1.29, 1.82) is 0 Å². The Morgan fingerprint density at radius 3 is 2.25 bits per heavy atom. The Morgan fingerprint density at radius 1 is 1.08 bits per heavy atom. The second kappa shape index (κ2) is 13.2. The molecule has 0 aromatic carbocycles. The van der Waals surface area contributed by atoms with Gasteiger partial charge in [-0.05, 0) is 31.3 Å². The predicted molar refractivity (Wildman–Crippen MR) is 97.7 cm³/mol. The number of hydrogen-bond acceptors (Lipinski definition) is 4. The quantitative estimate of drug-likeness (QED) is 0.397. The van der Waals surface area contributed by atoms with E-state index >= 15 is 0 Å². The minimum atomic E-state index is -0.728. The van der Waals surface area contributed by atoms with Crippen molar-refractivity contribution in [3.05, 3.63) is 11.6 Å². The maximum absolute atomic E-state index is 12.2. The van der Waals surface area contributed by atoms with Crippen LogP contribution >= 0.6 is 0 Å². The number of carbonyl (C=O) groups is 2. The summed E-state index contributed by atoms with van der Waals surface area (Å²) in [4.78, 5) is 23.5. The first kappa shape index (κ1) is 22.8. The van der Waals surface area contributed by atoms with Crippen molar-refractivity contribution in [2.24, 2.45) is 11.8 Å². The van der Waals surface area contributed by atoms with Gasteiger partial charge in [0.25, 0.3) is 0 Å². The zero-order valence-corrected chi connectivity index (χ0v) is 16.1. The van der Waals surface area contributed by atoms with E-state index in [1.165, 1.54) is 13.5 Å². The summed E-state index contributed by atoms with van der Waals surface area (Å²) in [6, 6.07) is 0. The van der Waals surface area contributed by atoms with Crippen molar-refractivity contribution in [2.45, 2.75) is 85.2 Å². The van der Waals surface area contributed by atoms with Crippen molar-refractivity contribution < 1.29 is 19.4 Å². The molecule has 0 aliphatic rings. The van der Waals surface area contributed by atoms with Crippen LogP contribution in [0.25, 0.3) is 0 Å². The molecule has 0 aromatic heterocycles. The lowest BCUT2D eigenvalue weighted by Gasteiger charge is -2.21. The number of ketones is 1. The van der Waals surface area contributed by atoms with Gasteiger partial charge in [-0.2, -0.15) is 0 Å².